The van der Waals surface area contributed by atoms with Crippen molar-refractivity contribution in [3.05, 3.63) is 17.5 Å². The van der Waals surface area contributed by atoms with Gasteiger partial charge in [-0.3, -0.25) is 4.79 Å². The number of nitrogens with zero attached hydrogens (tertiary/aromatic N) is 1. The first kappa shape index (κ1) is 17.7. The average Bonchev–Trinajstić information content (AvgIpc) is 2.99. The van der Waals surface area contributed by atoms with Gasteiger partial charge < -0.3 is 5.32 Å². The molecule has 7 heteroatoms. The van der Waals surface area contributed by atoms with E-state index in [4.69, 9.17) is 6.42 Å². The molecule has 5 nitrogen and oxygen atoms in total. The quantitative estimate of drug-likeness (QED) is 0.774. The lowest BCUT2D eigenvalue weighted by Crippen LogP contribution is -2.50. The Bertz CT molecular complexity index is 611. The number of sulfonamides is 1. The minimum absolute atomic E-state index is 0.215. The number of thiophene rings is 1. The van der Waals surface area contributed by atoms with Gasteiger partial charge in [-0.15, -0.1) is 17.8 Å². The van der Waals surface area contributed by atoms with Crippen molar-refractivity contribution in [3.63, 3.8) is 0 Å². The molecule has 0 fully saturated rings. The Morgan fingerprint density at radius 3 is 2.52 bits per heavy atom. The molecule has 1 N–H and O–H groups in total. The SMILES string of the molecule is C#CC(CC)(CC)NC(=O)CN(C)S(=O)(=O)c1cccs1. The van der Waals surface area contributed by atoms with E-state index in [-0.39, 0.29) is 10.8 Å². The first-order valence-electron chi connectivity index (χ1n) is 6.60. The van der Waals surface area contributed by atoms with Crippen LogP contribution in [0.15, 0.2) is 21.7 Å². The summed E-state index contributed by atoms with van der Waals surface area (Å²) in [6, 6.07) is 3.17. The van der Waals surface area contributed by atoms with E-state index in [1.165, 1.54) is 13.1 Å². The Kier molecular flexibility index (Phi) is 5.96. The van der Waals surface area contributed by atoms with Crippen molar-refractivity contribution in [2.45, 2.75) is 36.4 Å². The van der Waals surface area contributed by atoms with Crippen LogP contribution >= 0.6 is 11.3 Å². The standard InChI is InChI=1S/C14H20N2O3S2/c1-5-14(6-2,7-3)15-12(17)11-16(4)21(18,19)13-9-8-10-20-13/h1,8-10H,6-7,11H2,2-4H3,(H,15,17). The van der Waals surface area contributed by atoms with Crippen LogP contribution in [0.1, 0.15) is 26.7 Å². The van der Waals surface area contributed by atoms with Crippen molar-refractivity contribution < 1.29 is 13.2 Å². The van der Waals surface area contributed by atoms with Crippen LogP contribution in [0.4, 0.5) is 0 Å². The molecular formula is C14H20N2O3S2. The summed E-state index contributed by atoms with van der Waals surface area (Å²) in [5, 5.41) is 4.43. The first-order chi connectivity index (χ1) is 9.81. The van der Waals surface area contributed by atoms with Gasteiger partial charge in [-0.05, 0) is 24.3 Å². The van der Waals surface area contributed by atoms with Crippen molar-refractivity contribution in [2.24, 2.45) is 0 Å². The van der Waals surface area contributed by atoms with E-state index in [1.54, 1.807) is 11.4 Å². The van der Waals surface area contributed by atoms with Gasteiger partial charge in [0.1, 0.15) is 9.75 Å². The molecule has 1 aromatic rings. The maximum Gasteiger partial charge on any atom is 0.252 e. The molecule has 0 spiro atoms. The summed E-state index contributed by atoms with van der Waals surface area (Å²) < 4.78 is 25.7. The van der Waals surface area contributed by atoms with E-state index in [0.717, 1.165) is 15.6 Å². The number of carbonyl (C=O) groups excluding carboxylic acids is 1. The molecule has 0 saturated carbocycles. The first-order valence-corrected chi connectivity index (χ1v) is 8.92. The number of amides is 1. The van der Waals surface area contributed by atoms with Crippen LogP contribution in [-0.4, -0.2) is 37.8 Å². The van der Waals surface area contributed by atoms with Gasteiger partial charge in [-0.1, -0.05) is 25.8 Å². The molecular weight excluding hydrogens is 308 g/mol. The zero-order chi connectivity index (χ0) is 16.1. The highest BCUT2D eigenvalue weighted by molar-refractivity contribution is 7.91. The van der Waals surface area contributed by atoms with Crippen LogP contribution in [0, 0.1) is 12.3 Å². The van der Waals surface area contributed by atoms with E-state index >= 15 is 0 Å². The van der Waals surface area contributed by atoms with Crippen molar-refractivity contribution in [2.75, 3.05) is 13.6 Å². The minimum Gasteiger partial charge on any atom is -0.339 e. The lowest BCUT2D eigenvalue weighted by Gasteiger charge is -2.28. The molecule has 0 aliphatic carbocycles. The van der Waals surface area contributed by atoms with Gasteiger partial charge >= 0.3 is 0 Å². The summed E-state index contributed by atoms with van der Waals surface area (Å²) in [5.74, 6) is 2.18. The zero-order valence-electron chi connectivity index (χ0n) is 12.4. The summed E-state index contributed by atoms with van der Waals surface area (Å²) in [4.78, 5) is 12.1. The zero-order valence-corrected chi connectivity index (χ0v) is 14.1. The van der Waals surface area contributed by atoms with Crippen LogP contribution in [-0.2, 0) is 14.8 Å². The number of hydrogen-bond donors (Lipinski definition) is 1. The molecule has 0 aliphatic heterocycles. The third-order valence-electron chi connectivity index (χ3n) is 3.39. The Hall–Kier alpha value is -1.36. The van der Waals surface area contributed by atoms with E-state index in [0.29, 0.717) is 12.8 Å². The number of rotatable bonds is 7. The van der Waals surface area contributed by atoms with Crippen LogP contribution in [0.2, 0.25) is 0 Å². The highest BCUT2D eigenvalue weighted by Crippen LogP contribution is 2.20. The highest BCUT2D eigenvalue weighted by atomic mass is 32.2. The van der Waals surface area contributed by atoms with Crippen molar-refractivity contribution >= 4 is 27.3 Å². The molecule has 0 radical (unpaired) electrons. The van der Waals surface area contributed by atoms with Crippen LogP contribution in [0.25, 0.3) is 0 Å². The number of hydrogen-bond acceptors (Lipinski definition) is 4. The van der Waals surface area contributed by atoms with Gasteiger partial charge in [0.15, 0.2) is 0 Å². The summed E-state index contributed by atoms with van der Waals surface area (Å²) in [7, 11) is -2.25. The maximum atomic E-state index is 12.2. The van der Waals surface area contributed by atoms with Gasteiger partial charge in [0.25, 0.3) is 10.0 Å². The fourth-order valence-electron chi connectivity index (χ4n) is 1.82. The second-order valence-electron chi connectivity index (χ2n) is 4.67. The second-order valence-corrected chi connectivity index (χ2v) is 7.89. The summed E-state index contributed by atoms with van der Waals surface area (Å²) >= 11 is 1.12. The Balaban J connectivity index is 2.78. The summed E-state index contributed by atoms with van der Waals surface area (Å²) in [5.41, 5.74) is -0.718. The van der Waals surface area contributed by atoms with Gasteiger partial charge in [0, 0.05) is 7.05 Å². The molecule has 0 bridgehead atoms. The smallest absolute Gasteiger partial charge is 0.252 e. The molecule has 0 saturated heterocycles. The van der Waals surface area contributed by atoms with Crippen molar-refractivity contribution in [1.29, 1.82) is 0 Å². The van der Waals surface area contributed by atoms with Gasteiger partial charge in [0.05, 0.1) is 6.54 Å². The highest BCUT2D eigenvalue weighted by Gasteiger charge is 2.28. The number of nitrogens with one attached hydrogen (secondary N) is 1. The van der Waals surface area contributed by atoms with E-state index in [1.807, 2.05) is 13.8 Å². The van der Waals surface area contributed by atoms with Gasteiger partial charge in [0.2, 0.25) is 5.91 Å². The number of likely N-dealkylation sites (N-methyl/N-ethyl adjacent to an activating group) is 1. The number of carbonyl (C=O) groups is 1. The van der Waals surface area contributed by atoms with Crippen LogP contribution in [0.3, 0.4) is 0 Å². The fourth-order valence-corrected chi connectivity index (χ4v) is 4.15. The maximum absolute atomic E-state index is 12.2. The van der Waals surface area contributed by atoms with E-state index in [2.05, 4.69) is 11.2 Å². The van der Waals surface area contributed by atoms with Crippen molar-refractivity contribution in [3.8, 4) is 12.3 Å². The van der Waals surface area contributed by atoms with E-state index < -0.39 is 21.5 Å². The molecule has 1 heterocycles. The Labute approximate surface area is 130 Å². The molecule has 21 heavy (non-hydrogen) atoms. The molecule has 0 aliphatic rings. The molecule has 1 rings (SSSR count). The van der Waals surface area contributed by atoms with Crippen molar-refractivity contribution in [1.82, 2.24) is 9.62 Å². The lowest BCUT2D eigenvalue weighted by molar-refractivity contribution is -0.122. The van der Waals surface area contributed by atoms with Gasteiger partial charge in [-0.25, -0.2) is 8.42 Å². The third kappa shape index (κ3) is 4.06. The molecule has 1 amide bonds. The average molecular weight is 328 g/mol. The van der Waals surface area contributed by atoms with Crippen LogP contribution in [0.5, 0.6) is 0 Å². The van der Waals surface area contributed by atoms with E-state index in [9.17, 15) is 13.2 Å². The topological polar surface area (TPSA) is 66.5 Å². The predicted molar refractivity (Wildman–Crippen MR) is 84.4 cm³/mol. The molecule has 116 valence electrons. The van der Waals surface area contributed by atoms with Gasteiger partial charge in [-0.2, -0.15) is 4.31 Å². The molecule has 0 unspecified atom stereocenters. The summed E-state index contributed by atoms with van der Waals surface area (Å²) in [6.07, 6.45) is 6.66. The third-order valence-corrected chi connectivity index (χ3v) is 6.56. The molecule has 1 aromatic heterocycles. The second kappa shape index (κ2) is 7.07. The lowest BCUT2D eigenvalue weighted by atomic mass is 9.94. The Morgan fingerprint density at radius 1 is 1.48 bits per heavy atom. The molecule has 0 atom stereocenters. The number of terminal acetylenes is 1. The molecule has 0 aromatic carbocycles. The largest absolute Gasteiger partial charge is 0.339 e. The monoisotopic (exact) mass is 328 g/mol. The minimum atomic E-state index is -3.63. The normalized spacial score (nSPS) is 12.1. The predicted octanol–water partition coefficient (Wildman–Crippen LogP) is 1.68. The Morgan fingerprint density at radius 2 is 2.10 bits per heavy atom. The fraction of sp³-hybridized carbons (Fsp3) is 0.500. The summed E-state index contributed by atoms with van der Waals surface area (Å²) in [6.45, 7) is 3.51. The van der Waals surface area contributed by atoms with Crippen LogP contribution < -0.4 is 5.32 Å².